The van der Waals surface area contributed by atoms with Gasteiger partial charge >= 0.3 is 0 Å². The van der Waals surface area contributed by atoms with Crippen LogP contribution in [0.25, 0.3) is 0 Å². The van der Waals surface area contributed by atoms with E-state index in [1.54, 1.807) is 11.3 Å². The Morgan fingerprint density at radius 1 is 1.40 bits per heavy atom. The van der Waals surface area contributed by atoms with Crippen LogP contribution in [-0.2, 0) is 5.54 Å². The molecule has 1 aliphatic rings. The molecule has 2 rings (SSSR count). The zero-order chi connectivity index (χ0) is 15.0. The number of rotatable bonds is 4. The summed E-state index contributed by atoms with van der Waals surface area (Å²) in [6.45, 7) is 11.5. The van der Waals surface area contributed by atoms with Gasteiger partial charge in [-0.3, -0.25) is 0 Å². The summed E-state index contributed by atoms with van der Waals surface area (Å²) in [4.78, 5) is 4.81. The van der Waals surface area contributed by atoms with E-state index < -0.39 is 0 Å². The monoisotopic (exact) mass is 294 g/mol. The average molecular weight is 295 g/mol. The van der Waals surface area contributed by atoms with Crippen molar-refractivity contribution in [2.45, 2.75) is 78.2 Å². The fourth-order valence-corrected chi connectivity index (χ4v) is 4.35. The number of aromatic nitrogens is 1. The van der Waals surface area contributed by atoms with Gasteiger partial charge < -0.3 is 5.73 Å². The van der Waals surface area contributed by atoms with E-state index in [4.69, 9.17) is 10.7 Å². The molecule has 1 aromatic heterocycles. The van der Waals surface area contributed by atoms with E-state index >= 15 is 0 Å². The van der Waals surface area contributed by atoms with Gasteiger partial charge in [0.1, 0.15) is 5.01 Å². The zero-order valence-electron chi connectivity index (χ0n) is 13.7. The van der Waals surface area contributed by atoms with Crippen molar-refractivity contribution in [3.8, 4) is 0 Å². The first-order valence-corrected chi connectivity index (χ1v) is 8.91. The molecular formula is C17H30N2S. The van der Waals surface area contributed by atoms with E-state index in [2.05, 4.69) is 40.0 Å². The maximum atomic E-state index is 6.69. The summed E-state index contributed by atoms with van der Waals surface area (Å²) in [7, 11) is 0. The van der Waals surface area contributed by atoms with Crippen molar-refractivity contribution < 1.29 is 0 Å². The van der Waals surface area contributed by atoms with Crippen molar-refractivity contribution in [3.05, 3.63) is 16.1 Å². The molecule has 0 saturated heterocycles. The molecule has 1 aliphatic carbocycles. The average Bonchev–Trinajstić information content (AvgIpc) is 2.90. The molecule has 1 heterocycles. The Bertz CT molecular complexity index is 440. The van der Waals surface area contributed by atoms with Crippen molar-refractivity contribution >= 4 is 11.3 Å². The molecule has 1 aromatic rings. The molecule has 0 unspecified atom stereocenters. The molecule has 1 saturated carbocycles. The quantitative estimate of drug-likeness (QED) is 0.844. The van der Waals surface area contributed by atoms with Gasteiger partial charge in [0.2, 0.25) is 0 Å². The summed E-state index contributed by atoms with van der Waals surface area (Å²) in [5.74, 6) is 1.31. The fourth-order valence-electron chi connectivity index (χ4n) is 3.20. The lowest BCUT2D eigenvalue weighted by molar-refractivity contribution is 0.115. The van der Waals surface area contributed by atoms with Gasteiger partial charge in [0.15, 0.2) is 0 Å². The van der Waals surface area contributed by atoms with Gasteiger partial charge in [-0.2, -0.15) is 0 Å². The molecule has 0 aliphatic heterocycles. The molecule has 114 valence electrons. The number of nitrogens with two attached hydrogens (primary N) is 1. The Hall–Kier alpha value is -0.410. The molecular weight excluding hydrogens is 264 g/mol. The number of nitrogens with zero attached hydrogens (tertiary/aromatic N) is 1. The highest BCUT2D eigenvalue weighted by Gasteiger charge is 2.39. The van der Waals surface area contributed by atoms with Crippen LogP contribution in [0, 0.1) is 11.3 Å². The molecule has 1 fully saturated rings. The lowest BCUT2D eigenvalue weighted by Gasteiger charge is -2.42. The van der Waals surface area contributed by atoms with Crippen LogP contribution >= 0.6 is 11.3 Å². The van der Waals surface area contributed by atoms with Gasteiger partial charge in [-0.1, -0.05) is 41.0 Å². The molecule has 2 nitrogen and oxygen atoms in total. The number of thiazole rings is 1. The first-order valence-electron chi connectivity index (χ1n) is 8.03. The second kappa shape index (κ2) is 5.76. The van der Waals surface area contributed by atoms with E-state index in [0.717, 1.165) is 23.8 Å². The third-order valence-corrected chi connectivity index (χ3v) is 6.51. The summed E-state index contributed by atoms with van der Waals surface area (Å²) in [5.41, 5.74) is 8.17. The fraction of sp³-hybridized carbons (Fsp3) is 0.824. The van der Waals surface area contributed by atoms with Gasteiger partial charge in [0, 0.05) is 5.38 Å². The second-order valence-electron chi connectivity index (χ2n) is 7.50. The molecule has 0 spiro atoms. The number of hydrogen-bond donors (Lipinski definition) is 1. The maximum absolute atomic E-state index is 6.69. The smallest absolute Gasteiger partial charge is 0.113 e. The molecule has 0 atom stereocenters. The lowest BCUT2D eigenvalue weighted by atomic mass is 9.66. The first kappa shape index (κ1) is 16.0. The topological polar surface area (TPSA) is 38.9 Å². The molecule has 0 aromatic carbocycles. The van der Waals surface area contributed by atoms with Gasteiger partial charge in [-0.15, -0.1) is 11.3 Å². The van der Waals surface area contributed by atoms with Crippen molar-refractivity contribution in [2.75, 3.05) is 0 Å². The Morgan fingerprint density at radius 2 is 2.00 bits per heavy atom. The highest BCUT2D eigenvalue weighted by molar-refractivity contribution is 7.09. The second-order valence-corrected chi connectivity index (χ2v) is 8.36. The Labute approximate surface area is 128 Å². The predicted molar refractivity (Wildman–Crippen MR) is 88.1 cm³/mol. The Morgan fingerprint density at radius 3 is 2.45 bits per heavy atom. The van der Waals surface area contributed by atoms with E-state index in [9.17, 15) is 0 Å². The van der Waals surface area contributed by atoms with E-state index in [1.165, 1.54) is 25.0 Å². The van der Waals surface area contributed by atoms with Crippen LogP contribution in [0.5, 0.6) is 0 Å². The summed E-state index contributed by atoms with van der Waals surface area (Å²) in [6.07, 6.45) is 5.92. The van der Waals surface area contributed by atoms with Crippen molar-refractivity contribution in [1.29, 1.82) is 0 Å². The summed E-state index contributed by atoms with van der Waals surface area (Å²) < 4.78 is 0. The van der Waals surface area contributed by atoms with E-state index in [0.29, 0.717) is 11.3 Å². The normalized spacial score (nSPS) is 28.1. The Balaban J connectivity index is 2.07. The standard InChI is InChI=1S/C17H30N2S/c1-6-16(4,5)13-7-9-17(18,10-8-13)15-19-14(11-20-15)12(2)3/h11-13H,6-10,18H2,1-5H3. The largest absolute Gasteiger partial charge is 0.319 e. The van der Waals surface area contributed by atoms with Crippen molar-refractivity contribution in [1.82, 2.24) is 4.98 Å². The summed E-state index contributed by atoms with van der Waals surface area (Å²) >= 11 is 1.76. The SMILES string of the molecule is CCC(C)(C)C1CCC(N)(c2nc(C(C)C)cs2)CC1. The van der Waals surface area contributed by atoms with Crippen LogP contribution < -0.4 is 5.73 Å². The van der Waals surface area contributed by atoms with Gasteiger partial charge in [-0.05, 0) is 42.9 Å². The first-order chi connectivity index (χ1) is 9.28. The van der Waals surface area contributed by atoms with Crippen LogP contribution in [0.3, 0.4) is 0 Å². The minimum atomic E-state index is -0.169. The minimum absolute atomic E-state index is 0.169. The summed E-state index contributed by atoms with van der Waals surface area (Å²) in [6, 6.07) is 0. The zero-order valence-corrected chi connectivity index (χ0v) is 14.5. The minimum Gasteiger partial charge on any atom is -0.319 e. The van der Waals surface area contributed by atoms with E-state index in [-0.39, 0.29) is 5.54 Å². The molecule has 0 radical (unpaired) electrons. The molecule has 0 bridgehead atoms. The molecule has 0 amide bonds. The van der Waals surface area contributed by atoms with Crippen molar-refractivity contribution in [2.24, 2.45) is 17.1 Å². The predicted octanol–water partition coefficient (Wildman–Crippen LogP) is 5.05. The van der Waals surface area contributed by atoms with Gasteiger partial charge in [-0.25, -0.2) is 4.98 Å². The highest BCUT2D eigenvalue weighted by atomic mass is 32.1. The van der Waals surface area contributed by atoms with Crippen LogP contribution in [0.15, 0.2) is 5.38 Å². The van der Waals surface area contributed by atoms with Crippen LogP contribution in [0.1, 0.15) is 83.3 Å². The third-order valence-electron chi connectivity index (χ3n) is 5.43. The van der Waals surface area contributed by atoms with Gasteiger partial charge in [0.25, 0.3) is 0 Å². The third kappa shape index (κ3) is 3.09. The van der Waals surface area contributed by atoms with Crippen LogP contribution in [0.4, 0.5) is 0 Å². The van der Waals surface area contributed by atoms with E-state index in [1.807, 2.05) is 0 Å². The molecule has 20 heavy (non-hydrogen) atoms. The highest BCUT2D eigenvalue weighted by Crippen LogP contribution is 2.46. The summed E-state index contributed by atoms with van der Waals surface area (Å²) in [5, 5.41) is 3.35. The maximum Gasteiger partial charge on any atom is 0.113 e. The molecule has 2 N–H and O–H groups in total. The molecule has 3 heteroatoms. The number of hydrogen-bond acceptors (Lipinski definition) is 3. The van der Waals surface area contributed by atoms with Crippen LogP contribution in [0.2, 0.25) is 0 Å². The lowest BCUT2D eigenvalue weighted by Crippen LogP contribution is -2.42. The Kier molecular flexibility index (Phi) is 4.60. The van der Waals surface area contributed by atoms with Gasteiger partial charge in [0.05, 0.1) is 11.2 Å². The van der Waals surface area contributed by atoms with Crippen LogP contribution in [-0.4, -0.2) is 4.98 Å². The van der Waals surface area contributed by atoms with Crippen molar-refractivity contribution in [3.63, 3.8) is 0 Å².